The molecule has 0 spiro atoms. The van der Waals surface area contributed by atoms with Gasteiger partial charge in [-0.1, -0.05) is 11.6 Å². The molecular weight excluding hydrogens is 435 g/mol. The minimum Gasteiger partial charge on any atom is -0.463 e. The number of aromatic nitrogens is 2. The lowest BCUT2D eigenvalue weighted by atomic mass is 10.2. The van der Waals surface area contributed by atoms with Crippen molar-refractivity contribution in [3.05, 3.63) is 69.7 Å². The van der Waals surface area contributed by atoms with Gasteiger partial charge < -0.3 is 4.42 Å². The largest absolute Gasteiger partial charge is 0.463 e. The average Bonchev–Trinajstić information content (AvgIpc) is 3.17. The van der Waals surface area contributed by atoms with Crippen LogP contribution in [0.2, 0.25) is 5.02 Å². The van der Waals surface area contributed by atoms with E-state index in [0.717, 1.165) is 10.7 Å². The van der Waals surface area contributed by atoms with Crippen LogP contribution in [-0.4, -0.2) is 24.7 Å². The zero-order chi connectivity index (χ0) is 21.2. The predicted molar refractivity (Wildman–Crippen MR) is 97.8 cm³/mol. The fourth-order valence-corrected chi connectivity index (χ4v) is 3.96. The van der Waals surface area contributed by atoms with Crippen LogP contribution in [0.3, 0.4) is 0 Å². The summed E-state index contributed by atoms with van der Waals surface area (Å²) in [5.74, 6) is 0.412. The molecule has 3 aromatic rings. The van der Waals surface area contributed by atoms with Crippen molar-refractivity contribution in [1.29, 1.82) is 0 Å². The van der Waals surface area contributed by atoms with Crippen LogP contribution in [0.15, 0.2) is 62.8 Å². The monoisotopic (exact) mass is 447 g/mol. The Bertz CT molecular complexity index is 1180. The fourth-order valence-electron chi connectivity index (χ4n) is 2.41. The van der Waals surface area contributed by atoms with E-state index in [2.05, 4.69) is 9.82 Å². The lowest BCUT2D eigenvalue weighted by molar-refractivity contribution is -0.137. The van der Waals surface area contributed by atoms with Crippen LogP contribution in [0.1, 0.15) is 5.56 Å². The molecule has 3 rings (SSSR count). The fraction of sp³-hybridized carbons (Fsp3) is 0.176. The average molecular weight is 448 g/mol. The second kappa shape index (κ2) is 8.01. The van der Waals surface area contributed by atoms with E-state index in [1.54, 1.807) is 12.1 Å². The number of nitrogens with one attached hydrogen (secondary N) is 1. The van der Waals surface area contributed by atoms with Crippen LogP contribution in [0.4, 0.5) is 13.2 Å². The third-order valence-electron chi connectivity index (χ3n) is 3.80. The Morgan fingerprint density at radius 3 is 2.59 bits per heavy atom. The summed E-state index contributed by atoms with van der Waals surface area (Å²) in [6, 6.07) is 7.96. The number of rotatable bonds is 6. The standard InChI is InChI=1S/C17H13ClF3N3O4S/c18-12-4-3-11(17(19,20)21)10-15(12)29(26,27)22-7-8-24-16(25)6-5-13(23-24)14-2-1-9-28-14/h1-6,9-10,22H,7-8H2. The lowest BCUT2D eigenvalue weighted by Crippen LogP contribution is -2.32. The molecular formula is C17H13ClF3N3O4S. The van der Waals surface area contributed by atoms with Crippen LogP contribution in [0.25, 0.3) is 11.5 Å². The molecule has 0 atom stereocenters. The molecule has 0 fully saturated rings. The molecule has 2 aromatic heterocycles. The topological polar surface area (TPSA) is 94.2 Å². The lowest BCUT2D eigenvalue weighted by Gasteiger charge is -2.12. The van der Waals surface area contributed by atoms with Crippen molar-refractivity contribution >= 4 is 21.6 Å². The van der Waals surface area contributed by atoms with E-state index in [0.29, 0.717) is 23.6 Å². The van der Waals surface area contributed by atoms with Crippen molar-refractivity contribution in [1.82, 2.24) is 14.5 Å². The molecule has 7 nitrogen and oxygen atoms in total. The highest BCUT2D eigenvalue weighted by Crippen LogP contribution is 2.33. The second-order valence-corrected chi connectivity index (χ2v) is 7.94. The van der Waals surface area contributed by atoms with Crippen LogP contribution >= 0.6 is 11.6 Å². The van der Waals surface area contributed by atoms with Crippen molar-refractivity contribution in [3.8, 4) is 11.5 Å². The van der Waals surface area contributed by atoms with Gasteiger partial charge in [0.05, 0.1) is 23.4 Å². The van der Waals surface area contributed by atoms with E-state index >= 15 is 0 Å². The summed E-state index contributed by atoms with van der Waals surface area (Å²) in [7, 11) is -4.35. The molecule has 12 heteroatoms. The quantitative estimate of drug-likeness (QED) is 0.626. The minimum absolute atomic E-state index is 0.163. The maximum absolute atomic E-state index is 12.8. The van der Waals surface area contributed by atoms with Gasteiger partial charge in [0.2, 0.25) is 10.0 Å². The summed E-state index contributed by atoms with van der Waals surface area (Å²) in [5.41, 5.74) is -1.28. The predicted octanol–water partition coefficient (Wildman–Crippen LogP) is 3.15. The third-order valence-corrected chi connectivity index (χ3v) is 5.75. The Balaban J connectivity index is 1.77. The van der Waals surface area contributed by atoms with Crippen molar-refractivity contribution in [3.63, 3.8) is 0 Å². The Labute approximate surface area is 167 Å². The summed E-state index contributed by atoms with van der Waals surface area (Å²) >= 11 is 5.77. The zero-order valence-electron chi connectivity index (χ0n) is 14.5. The zero-order valence-corrected chi connectivity index (χ0v) is 16.1. The molecule has 0 saturated heterocycles. The summed E-state index contributed by atoms with van der Waals surface area (Å²) in [6.45, 7) is -0.466. The number of furan rings is 1. The van der Waals surface area contributed by atoms with Crippen LogP contribution < -0.4 is 10.3 Å². The Kier molecular flexibility index (Phi) is 5.82. The molecule has 1 aromatic carbocycles. The second-order valence-electron chi connectivity index (χ2n) is 5.80. The molecule has 0 aliphatic rings. The third kappa shape index (κ3) is 4.86. The van der Waals surface area contributed by atoms with Gasteiger partial charge in [0, 0.05) is 12.6 Å². The smallest absolute Gasteiger partial charge is 0.416 e. The maximum Gasteiger partial charge on any atom is 0.416 e. The SMILES string of the molecule is O=c1ccc(-c2ccco2)nn1CCNS(=O)(=O)c1cc(C(F)(F)F)ccc1Cl. The van der Waals surface area contributed by atoms with E-state index in [-0.39, 0.29) is 18.1 Å². The van der Waals surface area contributed by atoms with Crippen molar-refractivity contribution in [2.75, 3.05) is 6.54 Å². The van der Waals surface area contributed by atoms with Gasteiger partial charge >= 0.3 is 6.18 Å². The summed E-state index contributed by atoms with van der Waals surface area (Å²) < 4.78 is 71.6. The number of sulfonamides is 1. The van der Waals surface area contributed by atoms with E-state index in [1.807, 2.05) is 0 Å². The molecule has 1 N–H and O–H groups in total. The molecule has 0 saturated carbocycles. The minimum atomic E-state index is -4.72. The molecule has 29 heavy (non-hydrogen) atoms. The molecule has 0 radical (unpaired) electrons. The van der Waals surface area contributed by atoms with Gasteiger partial charge in [-0.2, -0.15) is 18.3 Å². The first kappa shape index (κ1) is 21.1. The number of benzene rings is 1. The number of halogens is 4. The van der Waals surface area contributed by atoms with Gasteiger partial charge in [-0.3, -0.25) is 4.79 Å². The molecule has 0 bridgehead atoms. The Morgan fingerprint density at radius 1 is 1.17 bits per heavy atom. The van der Waals surface area contributed by atoms with Gasteiger partial charge in [-0.15, -0.1) is 0 Å². The Morgan fingerprint density at radius 2 is 1.93 bits per heavy atom. The summed E-state index contributed by atoms with van der Waals surface area (Å²) in [4.78, 5) is 11.2. The van der Waals surface area contributed by atoms with Gasteiger partial charge in [-0.05, 0) is 36.4 Å². The summed E-state index contributed by atoms with van der Waals surface area (Å²) in [6.07, 6.45) is -3.29. The number of hydrogen-bond donors (Lipinski definition) is 1. The van der Waals surface area contributed by atoms with Crippen molar-refractivity contribution in [2.45, 2.75) is 17.6 Å². The van der Waals surface area contributed by atoms with Crippen molar-refractivity contribution in [2.24, 2.45) is 0 Å². The van der Waals surface area contributed by atoms with E-state index in [9.17, 15) is 26.4 Å². The highest BCUT2D eigenvalue weighted by atomic mass is 35.5. The molecule has 0 aliphatic carbocycles. The maximum atomic E-state index is 12.8. The number of alkyl halides is 3. The molecule has 0 amide bonds. The number of hydrogen-bond acceptors (Lipinski definition) is 5. The van der Waals surface area contributed by atoms with Gasteiger partial charge in [0.1, 0.15) is 10.6 Å². The van der Waals surface area contributed by atoms with E-state index < -0.39 is 32.2 Å². The first-order chi connectivity index (χ1) is 13.6. The number of nitrogens with zero attached hydrogens (tertiary/aromatic N) is 2. The molecule has 0 unspecified atom stereocenters. The van der Waals surface area contributed by atoms with Gasteiger partial charge in [0.25, 0.3) is 5.56 Å². The normalized spacial score (nSPS) is 12.3. The summed E-state index contributed by atoms with van der Waals surface area (Å²) in [5, 5.41) is 3.71. The van der Waals surface area contributed by atoms with Gasteiger partial charge in [-0.25, -0.2) is 17.8 Å². The Hall–Kier alpha value is -2.63. The van der Waals surface area contributed by atoms with Crippen LogP contribution in [0.5, 0.6) is 0 Å². The van der Waals surface area contributed by atoms with E-state index in [1.165, 1.54) is 18.4 Å². The van der Waals surface area contributed by atoms with E-state index in [4.69, 9.17) is 16.0 Å². The van der Waals surface area contributed by atoms with Gasteiger partial charge in [0.15, 0.2) is 5.76 Å². The van der Waals surface area contributed by atoms with Crippen LogP contribution in [0, 0.1) is 0 Å². The first-order valence-corrected chi connectivity index (χ1v) is 9.92. The van der Waals surface area contributed by atoms with Crippen molar-refractivity contribution < 1.29 is 26.0 Å². The molecule has 2 heterocycles. The first-order valence-electron chi connectivity index (χ1n) is 8.06. The highest BCUT2D eigenvalue weighted by molar-refractivity contribution is 7.89. The molecule has 154 valence electrons. The van der Waals surface area contributed by atoms with Crippen LogP contribution in [-0.2, 0) is 22.7 Å². The molecule has 0 aliphatic heterocycles. The highest BCUT2D eigenvalue weighted by Gasteiger charge is 2.32.